The first kappa shape index (κ1) is 24.6. The second-order valence-electron chi connectivity index (χ2n) is 8.02. The Morgan fingerprint density at radius 1 is 1.18 bits per heavy atom. The highest BCUT2D eigenvalue weighted by molar-refractivity contribution is 5.98. The second-order valence-corrected chi connectivity index (χ2v) is 8.02. The summed E-state index contributed by atoms with van der Waals surface area (Å²) in [4.78, 5) is 17.6. The van der Waals surface area contributed by atoms with Crippen LogP contribution in [0.3, 0.4) is 0 Å². The van der Waals surface area contributed by atoms with Crippen molar-refractivity contribution in [1.82, 2.24) is 9.80 Å². The van der Waals surface area contributed by atoms with Crippen LogP contribution < -0.4 is 9.47 Å². The molecule has 176 valence electrons. The SMILES string of the molecule is CCN1CCC[C@@H]1N(C)C(=O)c1cc(C#CCCOCc2ccccc2)cc(OC)c1OC. The lowest BCUT2D eigenvalue weighted by Crippen LogP contribution is -2.45. The molecule has 1 fully saturated rings. The molecule has 1 atom stereocenters. The second kappa shape index (κ2) is 12.3. The molecule has 6 heteroatoms. The Morgan fingerprint density at radius 2 is 1.97 bits per heavy atom. The average molecular weight is 451 g/mol. The standard InChI is InChI=1S/C27H34N2O4/c1-5-29-16-11-15-25(29)28(2)27(30)23-18-22(19-24(31-3)26(23)32-4)14-9-10-17-33-20-21-12-7-6-8-13-21/h6-8,12-13,18-19,25H,5,10-11,15-17,20H2,1-4H3/t25-/m1/s1. The first-order chi connectivity index (χ1) is 16.1. The molecule has 0 bridgehead atoms. The minimum Gasteiger partial charge on any atom is -0.493 e. The van der Waals surface area contributed by atoms with Gasteiger partial charge < -0.3 is 19.1 Å². The van der Waals surface area contributed by atoms with Gasteiger partial charge in [-0.05, 0) is 37.1 Å². The van der Waals surface area contributed by atoms with Crippen molar-refractivity contribution < 1.29 is 19.0 Å². The fourth-order valence-corrected chi connectivity index (χ4v) is 4.19. The van der Waals surface area contributed by atoms with Crippen molar-refractivity contribution in [3.05, 3.63) is 59.2 Å². The zero-order valence-electron chi connectivity index (χ0n) is 20.1. The van der Waals surface area contributed by atoms with Crippen molar-refractivity contribution in [3.8, 4) is 23.3 Å². The summed E-state index contributed by atoms with van der Waals surface area (Å²) in [6.45, 7) is 5.16. The average Bonchev–Trinajstić information content (AvgIpc) is 3.34. The molecule has 1 saturated heterocycles. The van der Waals surface area contributed by atoms with Crippen molar-refractivity contribution in [3.63, 3.8) is 0 Å². The van der Waals surface area contributed by atoms with Gasteiger partial charge in [-0.2, -0.15) is 0 Å². The molecule has 0 aliphatic carbocycles. The number of ether oxygens (including phenoxy) is 3. The van der Waals surface area contributed by atoms with Gasteiger partial charge in [-0.15, -0.1) is 0 Å². The predicted octanol–water partition coefficient (Wildman–Crippen LogP) is 4.18. The summed E-state index contributed by atoms with van der Waals surface area (Å²) in [5.41, 5.74) is 2.32. The van der Waals surface area contributed by atoms with Crippen LogP contribution in [0.4, 0.5) is 0 Å². The van der Waals surface area contributed by atoms with E-state index in [2.05, 4.69) is 23.7 Å². The van der Waals surface area contributed by atoms with Gasteiger partial charge in [0.1, 0.15) is 0 Å². The zero-order chi connectivity index (χ0) is 23.6. The molecule has 0 radical (unpaired) electrons. The van der Waals surface area contributed by atoms with E-state index in [0.29, 0.717) is 42.3 Å². The van der Waals surface area contributed by atoms with Crippen LogP contribution in [0.15, 0.2) is 42.5 Å². The van der Waals surface area contributed by atoms with Crippen LogP contribution >= 0.6 is 0 Å². The number of hydrogen-bond donors (Lipinski definition) is 0. The fourth-order valence-electron chi connectivity index (χ4n) is 4.19. The van der Waals surface area contributed by atoms with Crippen LogP contribution in [0, 0.1) is 11.8 Å². The topological polar surface area (TPSA) is 51.2 Å². The Hall–Kier alpha value is -3.01. The highest BCUT2D eigenvalue weighted by atomic mass is 16.5. The zero-order valence-corrected chi connectivity index (χ0v) is 20.1. The van der Waals surface area contributed by atoms with Gasteiger partial charge in [0.15, 0.2) is 11.5 Å². The third kappa shape index (κ3) is 6.28. The number of amides is 1. The van der Waals surface area contributed by atoms with Gasteiger partial charge in [0, 0.05) is 25.6 Å². The van der Waals surface area contributed by atoms with E-state index >= 15 is 0 Å². The molecule has 3 rings (SSSR count). The molecule has 1 aliphatic heterocycles. The Balaban J connectivity index is 1.71. The van der Waals surface area contributed by atoms with Crippen LogP contribution in [0.2, 0.25) is 0 Å². The Bertz CT molecular complexity index is 981. The number of benzene rings is 2. The van der Waals surface area contributed by atoms with Gasteiger partial charge in [0.05, 0.1) is 39.2 Å². The number of likely N-dealkylation sites (tertiary alicyclic amines) is 1. The molecular weight excluding hydrogens is 416 g/mol. The smallest absolute Gasteiger partial charge is 0.258 e. The number of carbonyl (C=O) groups is 1. The summed E-state index contributed by atoms with van der Waals surface area (Å²) in [5.74, 6) is 7.13. The van der Waals surface area contributed by atoms with Gasteiger partial charge in [-0.3, -0.25) is 9.69 Å². The molecular formula is C27H34N2O4. The molecule has 2 aromatic carbocycles. The third-order valence-electron chi connectivity index (χ3n) is 5.93. The van der Waals surface area contributed by atoms with E-state index in [1.807, 2.05) is 42.3 Å². The number of hydrogen-bond acceptors (Lipinski definition) is 5. The molecule has 0 unspecified atom stereocenters. The maximum absolute atomic E-state index is 13.4. The van der Waals surface area contributed by atoms with E-state index in [4.69, 9.17) is 14.2 Å². The first-order valence-corrected chi connectivity index (χ1v) is 11.5. The molecule has 1 amide bonds. The number of nitrogens with zero attached hydrogens (tertiary/aromatic N) is 2. The summed E-state index contributed by atoms with van der Waals surface area (Å²) in [6, 6.07) is 13.7. The normalized spacial score (nSPS) is 15.6. The molecule has 0 N–H and O–H groups in total. The lowest BCUT2D eigenvalue weighted by atomic mass is 10.1. The van der Waals surface area contributed by atoms with E-state index in [0.717, 1.165) is 31.5 Å². The van der Waals surface area contributed by atoms with E-state index in [-0.39, 0.29) is 12.1 Å². The van der Waals surface area contributed by atoms with Gasteiger partial charge in [0.2, 0.25) is 0 Å². The van der Waals surface area contributed by atoms with Crippen LogP contribution in [-0.2, 0) is 11.3 Å². The van der Waals surface area contributed by atoms with Crippen LogP contribution in [-0.4, -0.2) is 62.8 Å². The molecule has 6 nitrogen and oxygen atoms in total. The number of carbonyl (C=O) groups excluding carboxylic acids is 1. The minimum absolute atomic E-state index is 0.0923. The summed E-state index contributed by atoms with van der Waals surface area (Å²) < 4.78 is 16.8. The fraction of sp³-hybridized carbons (Fsp3) is 0.444. The first-order valence-electron chi connectivity index (χ1n) is 11.5. The lowest BCUT2D eigenvalue weighted by molar-refractivity contribution is 0.0544. The van der Waals surface area contributed by atoms with Crippen molar-refractivity contribution >= 4 is 5.91 Å². The lowest BCUT2D eigenvalue weighted by Gasteiger charge is -2.32. The Kier molecular flexibility index (Phi) is 9.17. The summed E-state index contributed by atoms with van der Waals surface area (Å²) in [5, 5.41) is 0. The molecule has 2 aromatic rings. The monoisotopic (exact) mass is 450 g/mol. The van der Waals surface area contributed by atoms with E-state index in [1.165, 1.54) is 0 Å². The van der Waals surface area contributed by atoms with Crippen molar-refractivity contribution in [2.24, 2.45) is 0 Å². The van der Waals surface area contributed by atoms with Gasteiger partial charge >= 0.3 is 0 Å². The molecule has 0 saturated carbocycles. The van der Waals surface area contributed by atoms with Crippen LogP contribution in [0.5, 0.6) is 11.5 Å². The Labute approximate surface area is 197 Å². The quantitative estimate of drug-likeness (QED) is 0.424. The molecule has 33 heavy (non-hydrogen) atoms. The van der Waals surface area contributed by atoms with Crippen LogP contribution in [0.25, 0.3) is 0 Å². The Morgan fingerprint density at radius 3 is 2.67 bits per heavy atom. The minimum atomic E-state index is -0.0923. The van der Waals surface area contributed by atoms with E-state index in [9.17, 15) is 4.79 Å². The van der Waals surface area contributed by atoms with E-state index < -0.39 is 0 Å². The number of methoxy groups -OCH3 is 2. The van der Waals surface area contributed by atoms with Gasteiger partial charge in [-0.1, -0.05) is 49.1 Å². The third-order valence-corrected chi connectivity index (χ3v) is 5.93. The highest BCUT2D eigenvalue weighted by Gasteiger charge is 2.31. The molecule has 1 heterocycles. The summed E-state index contributed by atoms with van der Waals surface area (Å²) in [7, 11) is 4.98. The van der Waals surface area contributed by atoms with Crippen molar-refractivity contribution in [2.45, 2.75) is 39.0 Å². The summed E-state index contributed by atoms with van der Waals surface area (Å²) >= 11 is 0. The highest BCUT2D eigenvalue weighted by Crippen LogP contribution is 2.34. The van der Waals surface area contributed by atoms with Crippen LogP contribution in [0.1, 0.15) is 47.7 Å². The number of rotatable bonds is 9. The predicted molar refractivity (Wildman–Crippen MR) is 130 cm³/mol. The van der Waals surface area contributed by atoms with Gasteiger partial charge in [-0.25, -0.2) is 0 Å². The van der Waals surface area contributed by atoms with Crippen molar-refractivity contribution in [1.29, 1.82) is 0 Å². The molecule has 1 aliphatic rings. The summed E-state index contributed by atoms with van der Waals surface area (Å²) in [6.07, 6.45) is 2.75. The maximum Gasteiger partial charge on any atom is 0.258 e. The molecule has 0 aromatic heterocycles. The van der Waals surface area contributed by atoms with Crippen molar-refractivity contribution in [2.75, 3.05) is 41.0 Å². The maximum atomic E-state index is 13.4. The van der Waals surface area contributed by atoms with E-state index in [1.54, 1.807) is 26.4 Å². The molecule has 0 spiro atoms. The largest absolute Gasteiger partial charge is 0.493 e. The van der Waals surface area contributed by atoms with Gasteiger partial charge in [0.25, 0.3) is 5.91 Å².